The summed E-state index contributed by atoms with van der Waals surface area (Å²) in [6, 6.07) is 1.54. The molecule has 0 unspecified atom stereocenters. The fraction of sp³-hybridized carbons (Fsp3) is 0.300. The highest BCUT2D eigenvalue weighted by atomic mass is 35.5. The van der Waals surface area contributed by atoms with Crippen LogP contribution in [-0.4, -0.2) is 17.6 Å². The molecule has 1 amide bonds. The summed E-state index contributed by atoms with van der Waals surface area (Å²) in [7, 11) is 0. The first-order valence-electron chi connectivity index (χ1n) is 4.60. The summed E-state index contributed by atoms with van der Waals surface area (Å²) in [6.45, 7) is -0.132. The third kappa shape index (κ3) is 3.43. The third-order valence-corrected chi connectivity index (χ3v) is 2.13. The summed E-state index contributed by atoms with van der Waals surface area (Å²) in [5.41, 5.74) is -0.244. The molecule has 0 radical (unpaired) electrons. The number of carbonyl (C=O) groups excluding carboxylic acids is 1. The van der Waals surface area contributed by atoms with Crippen LogP contribution in [0.4, 0.5) is 14.5 Å². The van der Waals surface area contributed by atoms with Gasteiger partial charge in [-0.2, -0.15) is 0 Å². The van der Waals surface area contributed by atoms with Crippen LogP contribution in [0.3, 0.4) is 0 Å². The van der Waals surface area contributed by atoms with Gasteiger partial charge >= 0.3 is 0 Å². The lowest BCUT2D eigenvalue weighted by molar-refractivity contribution is -0.116. The van der Waals surface area contributed by atoms with Crippen LogP contribution in [0.25, 0.3) is 0 Å². The molecule has 0 aliphatic heterocycles. The van der Waals surface area contributed by atoms with Crippen LogP contribution in [0.15, 0.2) is 12.1 Å². The number of nitrogens with one attached hydrogen (secondary N) is 1. The van der Waals surface area contributed by atoms with Crippen molar-refractivity contribution in [2.24, 2.45) is 0 Å². The van der Waals surface area contributed by atoms with Crippen LogP contribution in [0.2, 0.25) is 5.02 Å². The molecule has 16 heavy (non-hydrogen) atoms. The Morgan fingerprint density at radius 3 is 2.69 bits per heavy atom. The fourth-order valence-electron chi connectivity index (χ4n) is 1.10. The molecule has 1 aromatic carbocycles. The number of aliphatic hydroxyl groups is 1. The van der Waals surface area contributed by atoms with Crippen molar-refractivity contribution in [2.75, 3.05) is 11.9 Å². The van der Waals surface area contributed by atoms with Gasteiger partial charge in [0.15, 0.2) is 5.82 Å². The molecule has 6 heteroatoms. The molecular weight excluding hydrogens is 240 g/mol. The van der Waals surface area contributed by atoms with Crippen molar-refractivity contribution in [3.63, 3.8) is 0 Å². The van der Waals surface area contributed by atoms with Crippen LogP contribution in [-0.2, 0) is 4.79 Å². The topological polar surface area (TPSA) is 49.3 Å². The predicted octanol–water partition coefficient (Wildman–Crippen LogP) is 2.33. The van der Waals surface area contributed by atoms with Crippen molar-refractivity contribution >= 4 is 23.2 Å². The molecule has 2 N–H and O–H groups in total. The number of carbonyl (C=O) groups is 1. The van der Waals surface area contributed by atoms with Gasteiger partial charge in [0.25, 0.3) is 0 Å². The number of halogens is 3. The van der Waals surface area contributed by atoms with E-state index in [2.05, 4.69) is 5.32 Å². The minimum absolute atomic E-state index is 0.0453. The second-order valence-electron chi connectivity index (χ2n) is 3.12. The number of anilines is 1. The number of benzene rings is 1. The first kappa shape index (κ1) is 12.9. The molecule has 0 aliphatic rings. The minimum atomic E-state index is -0.928. The van der Waals surface area contributed by atoms with E-state index < -0.39 is 17.5 Å². The lowest BCUT2D eigenvalue weighted by atomic mass is 10.2. The van der Waals surface area contributed by atoms with Gasteiger partial charge in [-0.25, -0.2) is 8.78 Å². The molecule has 0 aliphatic carbocycles. The predicted molar refractivity (Wildman–Crippen MR) is 56.3 cm³/mol. The van der Waals surface area contributed by atoms with Gasteiger partial charge in [0.2, 0.25) is 5.91 Å². The van der Waals surface area contributed by atoms with Gasteiger partial charge in [0.05, 0.1) is 10.7 Å². The molecule has 0 bridgehead atoms. The van der Waals surface area contributed by atoms with Crippen molar-refractivity contribution < 1.29 is 18.7 Å². The Balaban J connectivity index is 2.77. The summed E-state index contributed by atoms with van der Waals surface area (Å²) < 4.78 is 25.9. The van der Waals surface area contributed by atoms with Gasteiger partial charge in [0, 0.05) is 19.1 Å². The van der Waals surface area contributed by atoms with E-state index in [1.54, 1.807) is 0 Å². The molecule has 3 nitrogen and oxygen atoms in total. The van der Waals surface area contributed by atoms with Crippen LogP contribution < -0.4 is 5.32 Å². The standard InChI is InChI=1S/C10H10ClF2NO2/c11-7-4-6(12)5-8(13)10(7)14-9(16)2-1-3-15/h4-5,15H,1-3H2,(H,14,16). The Bertz CT molecular complexity index is 375. The summed E-state index contributed by atoms with van der Waals surface area (Å²) in [5, 5.41) is 10.5. The Labute approximate surface area is 96.0 Å². The van der Waals surface area contributed by atoms with E-state index in [9.17, 15) is 13.6 Å². The van der Waals surface area contributed by atoms with Crippen molar-refractivity contribution in [1.29, 1.82) is 0 Å². The van der Waals surface area contributed by atoms with Crippen LogP contribution in [0.1, 0.15) is 12.8 Å². The van der Waals surface area contributed by atoms with E-state index in [0.29, 0.717) is 6.07 Å². The second-order valence-corrected chi connectivity index (χ2v) is 3.53. The molecule has 0 heterocycles. The van der Waals surface area contributed by atoms with Crippen LogP contribution >= 0.6 is 11.6 Å². The van der Waals surface area contributed by atoms with Gasteiger partial charge in [0.1, 0.15) is 5.82 Å². The monoisotopic (exact) mass is 249 g/mol. The van der Waals surface area contributed by atoms with Gasteiger partial charge < -0.3 is 10.4 Å². The maximum atomic E-state index is 13.2. The molecule has 0 saturated carbocycles. The van der Waals surface area contributed by atoms with E-state index in [-0.39, 0.29) is 30.2 Å². The summed E-state index contributed by atoms with van der Waals surface area (Å²) in [6.07, 6.45) is 0.315. The lowest BCUT2D eigenvalue weighted by Gasteiger charge is -2.08. The fourth-order valence-corrected chi connectivity index (χ4v) is 1.34. The number of hydrogen-bond donors (Lipinski definition) is 2. The average Bonchev–Trinajstić information content (AvgIpc) is 2.20. The normalized spacial score (nSPS) is 10.2. The van der Waals surface area contributed by atoms with E-state index in [1.165, 1.54) is 0 Å². The number of amides is 1. The highest BCUT2D eigenvalue weighted by Crippen LogP contribution is 2.26. The van der Waals surface area contributed by atoms with Gasteiger partial charge in [-0.1, -0.05) is 11.6 Å². The molecule has 88 valence electrons. The SMILES string of the molecule is O=C(CCCO)Nc1c(F)cc(F)cc1Cl. The quantitative estimate of drug-likeness (QED) is 0.860. The van der Waals surface area contributed by atoms with Gasteiger partial charge in [-0.3, -0.25) is 4.79 Å². The van der Waals surface area contributed by atoms with Crippen LogP contribution in [0.5, 0.6) is 0 Å². The summed E-state index contributed by atoms with van der Waals surface area (Å²) in [4.78, 5) is 11.2. The molecule has 0 fully saturated rings. The van der Waals surface area contributed by atoms with Gasteiger partial charge in [-0.05, 0) is 12.5 Å². The summed E-state index contributed by atoms with van der Waals surface area (Å²) >= 11 is 5.57. The Kier molecular flexibility index (Phi) is 4.64. The molecule has 0 aromatic heterocycles. The molecule has 0 spiro atoms. The highest BCUT2D eigenvalue weighted by molar-refractivity contribution is 6.33. The zero-order valence-corrected chi connectivity index (χ0v) is 9.02. The molecule has 1 rings (SSSR count). The largest absolute Gasteiger partial charge is 0.396 e. The number of rotatable bonds is 4. The second kappa shape index (κ2) is 5.77. The zero-order valence-electron chi connectivity index (χ0n) is 8.27. The van der Waals surface area contributed by atoms with Crippen LogP contribution in [0, 0.1) is 11.6 Å². The van der Waals surface area contributed by atoms with Crippen molar-refractivity contribution in [3.8, 4) is 0 Å². The maximum absolute atomic E-state index is 13.2. The van der Waals surface area contributed by atoms with Crippen molar-refractivity contribution in [3.05, 3.63) is 28.8 Å². The van der Waals surface area contributed by atoms with Gasteiger partial charge in [-0.15, -0.1) is 0 Å². The van der Waals surface area contributed by atoms with E-state index in [0.717, 1.165) is 6.07 Å². The average molecular weight is 250 g/mol. The first-order valence-corrected chi connectivity index (χ1v) is 4.97. The first-order chi connectivity index (χ1) is 7.54. The highest BCUT2D eigenvalue weighted by Gasteiger charge is 2.12. The number of hydrogen-bond acceptors (Lipinski definition) is 2. The number of aliphatic hydroxyl groups excluding tert-OH is 1. The summed E-state index contributed by atoms with van der Waals surface area (Å²) in [5.74, 6) is -2.22. The molecule has 0 saturated heterocycles. The Hall–Kier alpha value is -1.20. The minimum Gasteiger partial charge on any atom is -0.396 e. The van der Waals surface area contributed by atoms with E-state index in [1.807, 2.05) is 0 Å². The smallest absolute Gasteiger partial charge is 0.224 e. The Morgan fingerprint density at radius 2 is 2.12 bits per heavy atom. The van der Waals surface area contributed by atoms with Crippen molar-refractivity contribution in [1.82, 2.24) is 0 Å². The van der Waals surface area contributed by atoms with E-state index in [4.69, 9.17) is 16.7 Å². The molecular formula is C10H10ClF2NO2. The third-order valence-electron chi connectivity index (χ3n) is 1.83. The lowest BCUT2D eigenvalue weighted by Crippen LogP contribution is -2.13. The van der Waals surface area contributed by atoms with Crippen molar-refractivity contribution in [2.45, 2.75) is 12.8 Å². The molecule has 0 atom stereocenters. The molecule has 1 aromatic rings. The Morgan fingerprint density at radius 1 is 1.44 bits per heavy atom. The van der Waals surface area contributed by atoms with E-state index >= 15 is 0 Å². The zero-order chi connectivity index (χ0) is 12.1. The maximum Gasteiger partial charge on any atom is 0.224 e.